The predicted octanol–water partition coefficient (Wildman–Crippen LogP) is 2.51. The van der Waals surface area contributed by atoms with Gasteiger partial charge in [-0.25, -0.2) is 4.98 Å². The van der Waals surface area contributed by atoms with E-state index < -0.39 is 0 Å². The second-order valence-electron chi connectivity index (χ2n) is 4.32. The average Bonchev–Trinajstić information content (AvgIpc) is 3.04. The lowest BCUT2D eigenvalue weighted by Gasteiger charge is -2.25. The molecule has 2 aliphatic rings. The smallest absolute Gasteiger partial charge is 0.185 e. The van der Waals surface area contributed by atoms with Crippen LogP contribution in [0.3, 0.4) is 0 Å². The van der Waals surface area contributed by atoms with E-state index in [1.807, 2.05) is 11.3 Å². The van der Waals surface area contributed by atoms with Crippen molar-refractivity contribution in [3.63, 3.8) is 0 Å². The number of anilines is 1. The van der Waals surface area contributed by atoms with Gasteiger partial charge in [0.2, 0.25) is 0 Å². The van der Waals surface area contributed by atoms with Gasteiger partial charge in [0.25, 0.3) is 0 Å². The molecule has 1 atom stereocenters. The van der Waals surface area contributed by atoms with Crippen LogP contribution in [-0.2, 0) is 4.74 Å². The van der Waals surface area contributed by atoms with Crippen molar-refractivity contribution in [2.45, 2.75) is 32.3 Å². The van der Waals surface area contributed by atoms with Crippen LogP contribution in [0.25, 0.3) is 0 Å². The lowest BCUT2D eigenvalue weighted by molar-refractivity contribution is 0.417. The maximum Gasteiger partial charge on any atom is 0.185 e. The highest BCUT2D eigenvalue weighted by Crippen LogP contribution is 2.39. The highest BCUT2D eigenvalue weighted by molar-refractivity contribution is 7.15. The SMILES string of the molecule is Cc1nc(N2CCCCC2)sc1[C@@H]1CO1. The Morgan fingerprint density at radius 1 is 1.33 bits per heavy atom. The monoisotopic (exact) mass is 224 g/mol. The molecule has 2 aliphatic heterocycles. The number of epoxide rings is 1. The van der Waals surface area contributed by atoms with Crippen molar-refractivity contribution in [3.05, 3.63) is 10.6 Å². The number of piperidine rings is 1. The highest BCUT2D eigenvalue weighted by atomic mass is 32.1. The van der Waals surface area contributed by atoms with Crippen molar-refractivity contribution < 1.29 is 4.74 Å². The van der Waals surface area contributed by atoms with Crippen LogP contribution in [-0.4, -0.2) is 24.7 Å². The molecule has 2 fully saturated rings. The van der Waals surface area contributed by atoms with Crippen molar-refractivity contribution in [2.24, 2.45) is 0 Å². The van der Waals surface area contributed by atoms with Crippen molar-refractivity contribution in [1.82, 2.24) is 4.98 Å². The average molecular weight is 224 g/mol. The Bertz CT molecular complexity index is 353. The van der Waals surface area contributed by atoms with E-state index in [4.69, 9.17) is 4.74 Å². The van der Waals surface area contributed by atoms with E-state index in [9.17, 15) is 0 Å². The number of ether oxygens (including phenoxy) is 1. The van der Waals surface area contributed by atoms with Crippen LogP contribution in [0.2, 0.25) is 0 Å². The largest absolute Gasteiger partial charge is 0.367 e. The zero-order chi connectivity index (χ0) is 10.3. The van der Waals surface area contributed by atoms with Crippen LogP contribution in [0.5, 0.6) is 0 Å². The fourth-order valence-electron chi connectivity index (χ4n) is 2.11. The van der Waals surface area contributed by atoms with Crippen LogP contribution in [0.4, 0.5) is 5.13 Å². The molecule has 82 valence electrons. The molecule has 0 spiro atoms. The Labute approximate surface area is 94.1 Å². The Morgan fingerprint density at radius 3 is 2.73 bits per heavy atom. The highest BCUT2D eigenvalue weighted by Gasteiger charge is 2.30. The van der Waals surface area contributed by atoms with Gasteiger partial charge < -0.3 is 9.64 Å². The van der Waals surface area contributed by atoms with Gasteiger partial charge >= 0.3 is 0 Å². The summed E-state index contributed by atoms with van der Waals surface area (Å²) < 4.78 is 5.33. The molecule has 3 rings (SSSR count). The third-order valence-electron chi connectivity index (χ3n) is 3.07. The lowest BCUT2D eigenvalue weighted by atomic mass is 10.1. The van der Waals surface area contributed by atoms with Gasteiger partial charge in [-0.3, -0.25) is 0 Å². The Balaban J connectivity index is 1.81. The zero-order valence-corrected chi connectivity index (χ0v) is 9.85. The van der Waals surface area contributed by atoms with E-state index in [-0.39, 0.29) is 0 Å². The first-order valence-electron chi connectivity index (χ1n) is 5.68. The molecule has 0 N–H and O–H groups in total. The summed E-state index contributed by atoms with van der Waals surface area (Å²) in [5.41, 5.74) is 1.17. The van der Waals surface area contributed by atoms with E-state index >= 15 is 0 Å². The van der Waals surface area contributed by atoms with Crippen molar-refractivity contribution in [3.8, 4) is 0 Å². The molecule has 0 radical (unpaired) electrons. The molecular formula is C11H16N2OS. The third-order valence-corrected chi connectivity index (χ3v) is 4.38. The molecule has 3 heterocycles. The molecular weight excluding hydrogens is 208 g/mol. The van der Waals surface area contributed by atoms with Crippen molar-refractivity contribution in [1.29, 1.82) is 0 Å². The Hall–Kier alpha value is -0.610. The van der Waals surface area contributed by atoms with Gasteiger partial charge in [-0.05, 0) is 26.2 Å². The number of aryl methyl sites for hydroxylation is 1. The molecule has 3 nitrogen and oxygen atoms in total. The van der Waals surface area contributed by atoms with Crippen LogP contribution in [0.1, 0.15) is 35.9 Å². The number of rotatable bonds is 2. The van der Waals surface area contributed by atoms with Crippen LogP contribution in [0, 0.1) is 6.92 Å². The van der Waals surface area contributed by atoms with Gasteiger partial charge in [-0.15, -0.1) is 0 Å². The fraction of sp³-hybridized carbons (Fsp3) is 0.727. The van der Waals surface area contributed by atoms with Crippen molar-refractivity contribution in [2.75, 3.05) is 24.6 Å². The molecule has 15 heavy (non-hydrogen) atoms. The molecule has 0 bridgehead atoms. The maximum atomic E-state index is 5.33. The quantitative estimate of drug-likeness (QED) is 0.723. The second-order valence-corrected chi connectivity index (χ2v) is 5.32. The minimum atomic E-state index is 0.362. The standard InChI is InChI=1S/C11H16N2OS/c1-8-10(9-7-14-9)15-11(12-8)13-5-3-2-4-6-13/h9H,2-7H2,1H3/t9-/m0/s1. The van der Waals surface area contributed by atoms with Gasteiger partial charge in [0, 0.05) is 13.1 Å². The molecule has 1 aromatic rings. The van der Waals surface area contributed by atoms with Crippen LogP contribution < -0.4 is 4.90 Å². The molecule has 4 heteroatoms. The second kappa shape index (κ2) is 3.76. The summed E-state index contributed by atoms with van der Waals surface area (Å²) in [6, 6.07) is 0. The van der Waals surface area contributed by atoms with Crippen molar-refractivity contribution >= 4 is 16.5 Å². The molecule has 2 saturated heterocycles. The number of hydrogen-bond donors (Lipinski definition) is 0. The summed E-state index contributed by atoms with van der Waals surface area (Å²) >= 11 is 1.83. The molecule has 0 amide bonds. The molecule has 1 aromatic heterocycles. The number of nitrogens with zero attached hydrogens (tertiary/aromatic N) is 2. The maximum absolute atomic E-state index is 5.33. The number of hydrogen-bond acceptors (Lipinski definition) is 4. The summed E-state index contributed by atoms with van der Waals surface area (Å²) in [7, 11) is 0. The summed E-state index contributed by atoms with van der Waals surface area (Å²) in [6.45, 7) is 5.35. The Kier molecular flexibility index (Phi) is 2.41. The van der Waals surface area contributed by atoms with Crippen LogP contribution in [0.15, 0.2) is 0 Å². The summed E-state index contributed by atoms with van der Waals surface area (Å²) in [5.74, 6) is 0. The summed E-state index contributed by atoms with van der Waals surface area (Å²) in [4.78, 5) is 8.43. The first kappa shape index (κ1) is 9.60. The van der Waals surface area contributed by atoms with E-state index in [2.05, 4.69) is 16.8 Å². The molecule has 0 aromatic carbocycles. The van der Waals surface area contributed by atoms with Gasteiger partial charge in [0.15, 0.2) is 5.13 Å². The molecule has 0 unspecified atom stereocenters. The van der Waals surface area contributed by atoms with Gasteiger partial charge in [-0.2, -0.15) is 0 Å². The summed E-state index contributed by atoms with van der Waals surface area (Å²) in [6.07, 6.45) is 4.36. The lowest BCUT2D eigenvalue weighted by Crippen LogP contribution is -2.29. The first-order valence-corrected chi connectivity index (χ1v) is 6.50. The number of thiazole rings is 1. The molecule has 0 aliphatic carbocycles. The first-order chi connectivity index (χ1) is 7.34. The normalized spacial score (nSPS) is 25.7. The predicted molar refractivity (Wildman–Crippen MR) is 61.6 cm³/mol. The zero-order valence-electron chi connectivity index (χ0n) is 9.03. The molecule has 0 saturated carbocycles. The van der Waals surface area contributed by atoms with Gasteiger partial charge in [0.1, 0.15) is 6.10 Å². The summed E-state index contributed by atoms with van der Waals surface area (Å²) in [5, 5.41) is 1.21. The Morgan fingerprint density at radius 2 is 2.07 bits per heavy atom. The van der Waals surface area contributed by atoms with E-state index in [0.29, 0.717) is 6.10 Å². The third kappa shape index (κ3) is 1.88. The topological polar surface area (TPSA) is 28.7 Å². The number of aromatic nitrogens is 1. The van der Waals surface area contributed by atoms with Gasteiger partial charge in [-0.1, -0.05) is 11.3 Å². The van der Waals surface area contributed by atoms with E-state index in [1.54, 1.807) is 0 Å². The minimum absolute atomic E-state index is 0.362. The minimum Gasteiger partial charge on any atom is -0.367 e. The van der Waals surface area contributed by atoms with E-state index in [1.165, 1.54) is 48.1 Å². The van der Waals surface area contributed by atoms with E-state index in [0.717, 1.165) is 6.61 Å². The van der Waals surface area contributed by atoms with Crippen LogP contribution >= 0.6 is 11.3 Å². The fourth-order valence-corrected chi connectivity index (χ4v) is 3.26. The van der Waals surface area contributed by atoms with Gasteiger partial charge in [0.05, 0.1) is 17.2 Å².